The number of carbonyl (C=O) groups excluding carboxylic acids is 1. The molecule has 3 N–H and O–H groups in total. The second-order valence-corrected chi connectivity index (χ2v) is 4.53. The van der Waals surface area contributed by atoms with E-state index in [1.165, 1.54) is 16.8 Å². The number of aromatic nitrogens is 3. The van der Waals surface area contributed by atoms with E-state index < -0.39 is 0 Å². The van der Waals surface area contributed by atoms with Gasteiger partial charge in [-0.2, -0.15) is 0 Å². The summed E-state index contributed by atoms with van der Waals surface area (Å²) in [4.78, 5) is 11.7. The van der Waals surface area contributed by atoms with E-state index in [4.69, 9.17) is 5.73 Å². The fourth-order valence-electron chi connectivity index (χ4n) is 1.61. The van der Waals surface area contributed by atoms with Crippen LogP contribution in [0.1, 0.15) is 24.2 Å². The summed E-state index contributed by atoms with van der Waals surface area (Å²) in [6.45, 7) is 2.21. The normalized spacial score (nSPS) is 12.2. The SMILES string of the molecule is CC(N)c1cn(CC(=O)NCc2ccc(F)cc2)nn1. The number of nitrogens with zero attached hydrogens (tertiary/aromatic N) is 3. The molecule has 0 aliphatic rings. The smallest absolute Gasteiger partial charge is 0.242 e. The van der Waals surface area contributed by atoms with Crippen molar-refractivity contribution >= 4 is 5.91 Å². The molecule has 2 rings (SSSR count). The Kier molecular flexibility index (Phi) is 4.41. The summed E-state index contributed by atoms with van der Waals surface area (Å²) in [5, 5.41) is 10.4. The van der Waals surface area contributed by atoms with Crippen LogP contribution in [0.25, 0.3) is 0 Å². The maximum absolute atomic E-state index is 12.7. The molecule has 1 aromatic heterocycles. The highest BCUT2D eigenvalue weighted by atomic mass is 19.1. The molecule has 106 valence electrons. The Balaban J connectivity index is 1.84. The zero-order valence-corrected chi connectivity index (χ0v) is 11.1. The third-order valence-corrected chi connectivity index (χ3v) is 2.73. The van der Waals surface area contributed by atoms with Crippen LogP contribution in [0, 0.1) is 5.82 Å². The van der Waals surface area contributed by atoms with Crippen molar-refractivity contribution < 1.29 is 9.18 Å². The van der Waals surface area contributed by atoms with E-state index in [2.05, 4.69) is 15.6 Å². The van der Waals surface area contributed by atoms with Gasteiger partial charge < -0.3 is 11.1 Å². The van der Waals surface area contributed by atoms with Gasteiger partial charge in [0.2, 0.25) is 5.91 Å². The molecule has 1 heterocycles. The van der Waals surface area contributed by atoms with Gasteiger partial charge >= 0.3 is 0 Å². The van der Waals surface area contributed by atoms with Gasteiger partial charge in [-0.05, 0) is 24.6 Å². The average Bonchev–Trinajstić information content (AvgIpc) is 2.87. The molecule has 0 bridgehead atoms. The van der Waals surface area contributed by atoms with Crippen LogP contribution in [0.4, 0.5) is 4.39 Å². The summed E-state index contributed by atoms with van der Waals surface area (Å²) in [7, 11) is 0. The second-order valence-electron chi connectivity index (χ2n) is 4.53. The van der Waals surface area contributed by atoms with Gasteiger partial charge in [0.15, 0.2) is 0 Å². The molecule has 1 amide bonds. The molecule has 0 saturated heterocycles. The molecule has 1 atom stereocenters. The van der Waals surface area contributed by atoms with Gasteiger partial charge in [0.1, 0.15) is 12.4 Å². The highest BCUT2D eigenvalue weighted by molar-refractivity contribution is 5.75. The Hall–Kier alpha value is -2.28. The first kappa shape index (κ1) is 14.1. The highest BCUT2D eigenvalue weighted by Gasteiger charge is 2.08. The number of hydrogen-bond donors (Lipinski definition) is 2. The van der Waals surface area contributed by atoms with Crippen molar-refractivity contribution in [2.75, 3.05) is 0 Å². The maximum Gasteiger partial charge on any atom is 0.242 e. The van der Waals surface area contributed by atoms with Crippen molar-refractivity contribution in [1.29, 1.82) is 0 Å². The largest absolute Gasteiger partial charge is 0.350 e. The standard InChI is InChI=1S/C13H16FN5O/c1-9(15)12-7-19(18-17-12)8-13(20)16-6-10-2-4-11(14)5-3-10/h2-5,7,9H,6,8,15H2,1H3,(H,16,20). The summed E-state index contributed by atoms with van der Waals surface area (Å²) in [6, 6.07) is 5.74. The molecule has 7 heteroatoms. The van der Waals surface area contributed by atoms with Crippen LogP contribution in [0.3, 0.4) is 0 Å². The molecule has 0 spiro atoms. The first-order valence-corrected chi connectivity index (χ1v) is 6.21. The van der Waals surface area contributed by atoms with E-state index in [1.807, 2.05) is 0 Å². The Morgan fingerprint density at radius 2 is 2.15 bits per heavy atom. The van der Waals surface area contributed by atoms with Crippen LogP contribution in [0.5, 0.6) is 0 Å². The molecule has 1 unspecified atom stereocenters. The van der Waals surface area contributed by atoms with Crippen molar-refractivity contribution in [2.24, 2.45) is 5.73 Å². The topological polar surface area (TPSA) is 85.8 Å². The monoisotopic (exact) mass is 277 g/mol. The van der Waals surface area contributed by atoms with Crippen molar-refractivity contribution in [1.82, 2.24) is 20.3 Å². The molecule has 20 heavy (non-hydrogen) atoms. The Labute approximate surface area is 115 Å². The predicted molar refractivity (Wildman–Crippen MR) is 70.9 cm³/mol. The molecule has 0 aliphatic heterocycles. The van der Waals surface area contributed by atoms with Crippen LogP contribution in [0.15, 0.2) is 30.5 Å². The molecule has 0 fully saturated rings. The van der Waals surface area contributed by atoms with Crippen LogP contribution >= 0.6 is 0 Å². The number of rotatable bonds is 5. The highest BCUT2D eigenvalue weighted by Crippen LogP contribution is 2.04. The van der Waals surface area contributed by atoms with E-state index in [1.54, 1.807) is 25.3 Å². The number of benzene rings is 1. The molecular formula is C13H16FN5O. The Morgan fingerprint density at radius 3 is 2.75 bits per heavy atom. The van der Waals surface area contributed by atoms with Crippen molar-refractivity contribution in [2.45, 2.75) is 26.1 Å². The van der Waals surface area contributed by atoms with Gasteiger partial charge in [0.25, 0.3) is 0 Å². The van der Waals surface area contributed by atoms with E-state index in [0.29, 0.717) is 12.2 Å². The van der Waals surface area contributed by atoms with Gasteiger partial charge in [0.05, 0.1) is 11.9 Å². The van der Waals surface area contributed by atoms with Crippen molar-refractivity contribution in [3.05, 3.63) is 47.5 Å². The summed E-state index contributed by atoms with van der Waals surface area (Å²) < 4.78 is 14.2. The van der Waals surface area contributed by atoms with Gasteiger partial charge in [-0.3, -0.25) is 4.79 Å². The minimum absolute atomic E-state index is 0.0704. The van der Waals surface area contributed by atoms with Gasteiger partial charge in [0, 0.05) is 12.6 Å². The summed E-state index contributed by atoms with van der Waals surface area (Å²) in [6.07, 6.45) is 1.64. The Bertz CT molecular complexity index is 579. The lowest BCUT2D eigenvalue weighted by Gasteiger charge is -2.05. The number of carbonyl (C=O) groups is 1. The van der Waals surface area contributed by atoms with Gasteiger partial charge in [-0.15, -0.1) is 5.10 Å². The second kappa shape index (κ2) is 6.25. The molecule has 1 aromatic carbocycles. The molecule has 2 aromatic rings. The predicted octanol–water partition coefficient (Wildman–Crippen LogP) is 0.753. The van der Waals surface area contributed by atoms with E-state index >= 15 is 0 Å². The molecule has 0 aliphatic carbocycles. The minimum atomic E-state index is -0.300. The fourth-order valence-corrected chi connectivity index (χ4v) is 1.61. The zero-order valence-electron chi connectivity index (χ0n) is 11.1. The lowest BCUT2D eigenvalue weighted by atomic mass is 10.2. The first-order chi connectivity index (χ1) is 9.54. The average molecular weight is 277 g/mol. The summed E-state index contributed by atoms with van der Waals surface area (Å²) >= 11 is 0. The van der Waals surface area contributed by atoms with Crippen LogP contribution in [-0.2, 0) is 17.9 Å². The van der Waals surface area contributed by atoms with Crippen molar-refractivity contribution in [3.63, 3.8) is 0 Å². The number of nitrogens with two attached hydrogens (primary N) is 1. The first-order valence-electron chi connectivity index (χ1n) is 6.21. The quantitative estimate of drug-likeness (QED) is 0.844. The van der Waals surface area contributed by atoms with Crippen molar-refractivity contribution in [3.8, 4) is 0 Å². The fraction of sp³-hybridized carbons (Fsp3) is 0.308. The van der Waals surface area contributed by atoms with Gasteiger partial charge in [-0.25, -0.2) is 9.07 Å². The van der Waals surface area contributed by atoms with Crippen LogP contribution in [-0.4, -0.2) is 20.9 Å². The third-order valence-electron chi connectivity index (χ3n) is 2.73. The third kappa shape index (κ3) is 3.86. The summed E-state index contributed by atoms with van der Waals surface area (Å²) in [5.74, 6) is -0.499. The van der Waals surface area contributed by atoms with E-state index in [9.17, 15) is 9.18 Å². The number of hydrogen-bond acceptors (Lipinski definition) is 4. The molecule has 0 saturated carbocycles. The van der Waals surface area contributed by atoms with E-state index in [-0.39, 0.29) is 24.3 Å². The molecule has 0 radical (unpaired) electrons. The van der Waals surface area contributed by atoms with Crippen LogP contribution in [0.2, 0.25) is 0 Å². The lowest BCUT2D eigenvalue weighted by Crippen LogP contribution is -2.27. The minimum Gasteiger partial charge on any atom is -0.350 e. The number of halogens is 1. The van der Waals surface area contributed by atoms with Crippen LogP contribution < -0.4 is 11.1 Å². The lowest BCUT2D eigenvalue weighted by molar-refractivity contribution is -0.122. The van der Waals surface area contributed by atoms with E-state index in [0.717, 1.165) is 5.56 Å². The zero-order chi connectivity index (χ0) is 14.5. The van der Waals surface area contributed by atoms with Gasteiger partial charge in [-0.1, -0.05) is 17.3 Å². The Morgan fingerprint density at radius 1 is 1.45 bits per heavy atom. The molecule has 6 nitrogen and oxygen atoms in total. The molecular weight excluding hydrogens is 261 g/mol. The maximum atomic E-state index is 12.7. The number of amides is 1. The summed E-state index contributed by atoms with van der Waals surface area (Å²) in [5.41, 5.74) is 7.12. The number of nitrogens with one attached hydrogen (secondary N) is 1.